The zero-order valence-corrected chi connectivity index (χ0v) is 12.5. The van der Waals surface area contributed by atoms with Crippen LogP contribution in [-0.2, 0) is 4.79 Å². The number of halogens is 1. The van der Waals surface area contributed by atoms with Crippen LogP contribution < -0.4 is 5.73 Å². The van der Waals surface area contributed by atoms with Crippen molar-refractivity contribution in [1.29, 1.82) is 0 Å². The van der Waals surface area contributed by atoms with Crippen molar-refractivity contribution in [2.24, 2.45) is 17.6 Å². The minimum Gasteiger partial charge on any atom is -0.339 e. The third kappa shape index (κ3) is 2.57. The summed E-state index contributed by atoms with van der Waals surface area (Å²) in [6, 6.07) is 8.21. The summed E-state index contributed by atoms with van der Waals surface area (Å²) in [5.41, 5.74) is 6.93. The van der Waals surface area contributed by atoms with Crippen molar-refractivity contribution in [3.63, 3.8) is 0 Å². The molecule has 4 heteroatoms. The van der Waals surface area contributed by atoms with E-state index in [1.165, 1.54) is 5.56 Å². The third-order valence-corrected chi connectivity index (χ3v) is 4.90. The summed E-state index contributed by atoms with van der Waals surface area (Å²) in [5.74, 6) is 1.27. The lowest BCUT2D eigenvalue weighted by Crippen LogP contribution is -2.35. The first kappa shape index (κ1) is 13.9. The molecule has 2 aliphatic rings. The van der Waals surface area contributed by atoms with Crippen LogP contribution in [0.4, 0.5) is 0 Å². The van der Waals surface area contributed by atoms with E-state index in [0.29, 0.717) is 30.3 Å². The van der Waals surface area contributed by atoms with Crippen LogP contribution in [0.15, 0.2) is 24.3 Å². The molecule has 1 aliphatic carbocycles. The van der Waals surface area contributed by atoms with Crippen LogP contribution in [0.25, 0.3) is 0 Å². The summed E-state index contributed by atoms with van der Waals surface area (Å²) in [6.07, 6.45) is 1.99. The van der Waals surface area contributed by atoms with E-state index >= 15 is 0 Å². The van der Waals surface area contributed by atoms with Crippen molar-refractivity contribution in [1.82, 2.24) is 4.90 Å². The second-order valence-electron chi connectivity index (χ2n) is 6.18. The Morgan fingerprint density at radius 3 is 2.90 bits per heavy atom. The fourth-order valence-electron chi connectivity index (χ4n) is 3.41. The molecule has 4 atom stereocenters. The Bertz CT molecular complexity index is 519. The number of likely N-dealkylation sites (tertiary alicyclic amines) is 1. The van der Waals surface area contributed by atoms with Crippen LogP contribution in [0.1, 0.15) is 31.2 Å². The summed E-state index contributed by atoms with van der Waals surface area (Å²) in [4.78, 5) is 14.6. The number of benzene rings is 1. The van der Waals surface area contributed by atoms with E-state index in [0.717, 1.165) is 24.4 Å². The quantitative estimate of drug-likeness (QED) is 0.931. The van der Waals surface area contributed by atoms with E-state index in [4.69, 9.17) is 17.3 Å². The Morgan fingerprint density at radius 1 is 1.45 bits per heavy atom. The molecule has 1 saturated carbocycles. The van der Waals surface area contributed by atoms with Gasteiger partial charge in [0.1, 0.15) is 0 Å². The molecule has 1 aliphatic heterocycles. The lowest BCUT2D eigenvalue weighted by Gasteiger charge is -2.21. The number of rotatable bonds is 3. The monoisotopic (exact) mass is 292 g/mol. The number of carbonyl (C=O) groups excluding carboxylic acids is 1. The first-order valence-corrected chi connectivity index (χ1v) is 7.74. The molecule has 1 heterocycles. The van der Waals surface area contributed by atoms with Gasteiger partial charge in [-0.2, -0.15) is 0 Å². The third-order valence-electron chi connectivity index (χ3n) is 4.66. The Morgan fingerprint density at radius 2 is 2.25 bits per heavy atom. The molecule has 3 nitrogen and oxygen atoms in total. The van der Waals surface area contributed by atoms with Crippen molar-refractivity contribution in [2.75, 3.05) is 13.1 Å². The Labute approximate surface area is 125 Å². The highest BCUT2D eigenvalue weighted by atomic mass is 35.5. The Hall–Kier alpha value is -1.06. The van der Waals surface area contributed by atoms with Gasteiger partial charge in [-0.15, -0.1) is 0 Å². The number of nitrogens with two attached hydrogens (primary N) is 1. The van der Waals surface area contributed by atoms with Gasteiger partial charge in [0.05, 0.1) is 0 Å². The van der Waals surface area contributed by atoms with Gasteiger partial charge < -0.3 is 10.6 Å². The van der Waals surface area contributed by atoms with Gasteiger partial charge in [0.15, 0.2) is 0 Å². The molecule has 1 aromatic rings. The lowest BCUT2D eigenvalue weighted by molar-refractivity contribution is -0.133. The van der Waals surface area contributed by atoms with Gasteiger partial charge in [-0.25, -0.2) is 0 Å². The largest absolute Gasteiger partial charge is 0.339 e. The van der Waals surface area contributed by atoms with Gasteiger partial charge in [0.2, 0.25) is 5.91 Å². The molecular weight excluding hydrogens is 272 g/mol. The van der Waals surface area contributed by atoms with Crippen LogP contribution in [-0.4, -0.2) is 29.9 Å². The molecule has 0 radical (unpaired) electrons. The van der Waals surface area contributed by atoms with Crippen molar-refractivity contribution in [3.8, 4) is 0 Å². The predicted molar refractivity (Wildman–Crippen MR) is 80.6 cm³/mol. The van der Waals surface area contributed by atoms with Crippen LogP contribution >= 0.6 is 11.6 Å². The summed E-state index contributed by atoms with van der Waals surface area (Å²) in [5, 5.41) is 0.748. The highest BCUT2D eigenvalue weighted by Gasteiger charge is 2.47. The van der Waals surface area contributed by atoms with E-state index < -0.39 is 0 Å². The van der Waals surface area contributed by atoms with Gasteiger partial charge in [0, 0.05) is 23.5 Å². The maximum Gasteiger partial charge on any atom is 0.226 e. The Balaban J connectivity index is 1.66. The fourth-order valence-corrected chi connectivity index (χ4v) is 3.61. The van der Waals surface area contributed by atoms with Crippen LogP contribution in [0.5, 0.6) is 0 Å². The molecule has 3 rings (SSSR count). The minimum absolute atomic E-state index is 0.146. The van der Waals surface area contributed by atoms with Crippen LogP contribution in [0.3, 0.4) is 0 Å². The number of hydrogen-bond donors (Lipinski definition) is 1. The zero-order chi connectivity index (χ0) is 14.3. The van der Waals surface area contributed by atoms with Gasteiger partial charge in [-0.3, -0.25) is 4.79 Å². The standard InChI is InChI=1S/C16H21ClN2O/c1-10-5-11(8-18)9-19(10)16(20)15-7-14(15)12-3-2-4-13(17)6-12/h2-4,6,10-11,14-15H,5,7-9,18H2,1H3. The minimum atomic E-state index is 0.146. The normalized spacial score (nSPS) is 32.5. The smallest absolute Gasteiger partial charge is 0.226 e. The van der Waals surface area contributed by atoms with Crippen molar-refractivity contribution >= 4 is 17.5 Å². The van der Waals surface area contributed by atoms with Crippen molar-refractivity contribution in [3.05, 3.63) is 34.9 Å². The molecule has 108 valence electrons. The van der Waals surface area contributed by atoms with Gasteiger partial charge in [-0.05, 0) is 55.8 Å². The Kier molecular flexibility index (Phi) is 3.74. The average molecular weight is 293 g/mol. The maximum atomic E-state index is 12.6. The molecule has 0 aromatic heterocycles. The molecule has 0 bridgehead atoms. The van der Waals surface area contributed by atoms with Gasteiger partial charge in [0.25, 0.3) is 0 Å². The molecule has 20 heavy (non-hydrogen) atoms. The SMILES string of the molecule is CC1CC(CN)CN1C(=O)C1CC1c1cccc(Cl)c1. The van der Waals surface area contributed by atoms with E-state index in [1.54, 1.807) is 0 Å². The molecular formula is C16H21ClN2O. The topological polar surface area (TPSA) is 46.3 Å². The lowest BCUT2D eigenvalue weighted by atomic mass is 10.1. The number of amides is 1. The highest BCUT2D eigenvalue weighted by Crippen LogP contribution is 2.49. The second-order valence-corrected chi connectivity index (χ2v) is 6.62. The summed E-state index contributed by atoms with van der Waals surface area (Å²) in [6.45, 7) is 3.64. The van der Waals surface area contributed by atoms with E-state index in [-0.39, 0.29) is 5.92 Å². The summed E-state index contributed by atoms with van der Waals surface area (Å²) >= 11 is 6.02. The number of nitrogens with zero attached hydrogens (tertiary/aromatic N) is 1. The van der Waals surface area contributed by atoms with Crippen molar-refractivity contribution in [2.45, 2.75) is 31.7 Å². The zero-order valence-electron chi connectivity index (χ0n) is 11.8. The van der Waals surface area contributed by atoms with Gasteiger partial charge in [-0.1, -0.05) is 23.7 Å². The molecule has 0 spiro atoms. The fraction of sp³-hybridized carbons (Fsp3) is 0.562. The molecule has 1 amide bonds. The number of carbonyl (C=O) groups is 1. The van der Waals surface area contributed by atoms with Crippen molar-refractivity contribution < 1.29 is 4.79 Å². The molecule has 4 unspecified atom stereocenters. The van der Waals surface area contributed by atoms with Crippen LogP contribution in [0, 0.1) is 11.8 Å². The second kappa shape index (κ2) is 5.38. The predicted octanol–water partition coefficient (Wildman–Crippen LogP) is 2.64. The van der Waals surface area contributed by atoms with Crippen LogP contribution in [0.2, 0.25) is 5.02 Å². The first-order chi connectivity index (χ1) is 9.60. The first-order valence-electron chi connectivity index (χ1n) is 7.36. The highest BCUT2D eigenvalue weighted by molar-refractivity contribution is 6.30. The van der Waals surface area contributed by atoms with E-state index in [1.807, 2.05) is 23.1 Å². The molecule has 2 N–H and O–H groups in total. The average Bonchev–Trinajstić information content (AvgIpc) is 3.15. The summed E-state index contributed by atoms with van der Waals surface area (Å²) in [7, 11) is 0. The van der Waals surface area contributed by atoms with Gasteiger partial charge >= 0.3 is 0 Å². The summed E-state index contributed by atoms with van der Waals surface area (Å²) < 4.78 is 0. The number of hydrogen-bond acceptors (Lipinski definition) is 2. The van der Waals surface area contributed by atoms with E-state index in [2.05, 4.69) is 13.0 Å². The van der Waals surface area contributed by atoms with E-state index in [9.17, 15) is 4.79 Å². The maximum absolute atomic E-state index is 12.6. The molecule has 1 saturated heterocycles. The molecule has 1 aromatic carbocycles. The molecule has 2 fully saturated rings.